The Balaban J connectivity index is 2.07. The number of hydrogen-bond donors (Lipinski definition) is 2. The van der Waals surface area contributed by atoms with E-state index in [1.165, 1.54) is 0 Å². The summed E-state index contributed by atoms with van der Waals surface area (Å²) in [5, 5.41) is 2.79. The number of halogens is 2. The second-order valence-electron chi connectivity index (χ2n) is 5.13. The van der Waals surface area contributed by atoms with Crippen LogP contribution in [0.1, 0.15) is 36.0 Å². The van der Waals surface area contributed by atoms with Gasteiger partial charge in [-0.2, -0.15) is 11.8 Å². The van der Waals surface area contributed by atoms with Crippen molar-refractivity contribution in [3.8, 4) is 0 Å². The minimum atomic E-state index is -1.07. The molecule has 0 spiro atoms. The largest absolute Gasteiger partial charge is 0.398 e. The molecule has 1 aliphatic rings. The van der Waals surface area contributed by atoms with Crippen molar-refractivity contribution in [2.45, 2.75) is 30.4 Å². The molecule has 0 heterocycles. The third kappa shape index (κ3) is 3.06. The molecule has 6 heteroatoms. The first-order chi connectivity index (χ1) is 9.47. The maximum atomic E-state index is 13.2. The van der Waals surface area contributed by atoms with Crippen LogP contribution in [0.3, 0.4) is 0 Å². The maximum Gasteiger partial charge on any atom is 0.253 e. The summed E-state index contributed by atoms with van der Waals surface area (Å²) in [6.45, 7) is 0.519. The molecular formula is C14H18F2N2OS. The van der Waals surface area contributed by atoms with Gasteiger partial charge >= 0.3 is 0 Å². The molecule has 0 radical (unpaired) electrons. The van der Waals surface area contributed by atoms with E-state index in [9.17, 15) is 13.6 Å². The highest BCUT2D eigenvalue weighted by Crippen LogP contribution is 2.39. The molecular weight excluding hydrogens is 282 g/mol. The van der Waals surface area contributed by atoms with Gasteiger partial charge in [0.05, 0.1) is 5.56 Å². The minimum Gasteiger partial charge on any atom is -0.398 e. The summed E-state index contributed by atoms with van der Waals surface area (Å²) in [6.07, 6.45) is 6.46. The highest BCUT2D eigenvalue weighted by atomic mass is 32.2. The van der Waals surface area contributed by atoms with Gasteiger partial charge in [-0.05, 0) is 25.2 Å². The van der Waals surface area contributed by atoms with E-state index in [-0.39, 0.29) is 16.0 Å². The van der Waals surface area contributed by atoms with Crippen molar-refractivity contribution in [2.24, 2.45) is 0 Å². The quantitative estimate of drug-likeness (QED) is 0.841. The lowest BCUT2D eigenvalue weighted by molar-refractivity contribution is 0.0950. The standard InChI is InChI=1S/C14H18F2N2OS/c1-20-14(4-2-3-5-14)8-18-13(19)9-6-10(15)11(16)7-12(9)17/h6-7H,2-5,8,17H2,1H3,(H,18,19). The number of thioether (sulfide) groups is 1. The third-order valence-electron chi connectivity index (χ3n) is 3.86. The van der Waals surface area contributed by atoms with E-state index in [1.807, 2.05) is 6.26 Å². The third-order valence-corrected chi connectivity index (χ3v) is 5.27. The summed E-state index contributed by atoms with van der Waals surface area (Å²) in [5.41, 5.74) is 5.50. The van der Waals surface area contributed by atoms with E-state index >= 15 is 0 Å². The summed E-state index contributed by atoms with van der Waals surface area (Å²) >= 11 is 1.75. The van der Waals surface area contributed by atoms with Crippen LogP contribution in [-0.4, -0.2) is 23.5 Å². The Morgan fingerprint density at radius 2 is 1.95 bits per heavy atom. The summed E-state index contributed by atoms with van der Waals surface area (Å²) in [5.74, 6) is -2.57. The van der Waals surface area contributed by atoms with Crippen molar-refractivity contribution in [3.63, 3.8) is 0 Å². The summed E-state index contributed by atoms with van der Waals surface area (Å²) in [7, 11) is 0. The van der Waals surface area contributed by atoms with Gasteiger partial charge in [0.1, 0.15) is 0 Å². The van der Waals surface area contributed by atoms with Crippen LogP contribution >= 0.6 is 11.8 Å². The van der Waals surface area contributed by atoms with Crippen LogP contribution in [0.2, 0.25) is 0 Å². The average molecular weight is 300 g/mol. The number of benzene rings is 1. The smallest absolute Gasteiger partial charge is 0.253 e. The van der Waals surface area contributed by atoms with Crippen molar-refractivity contribution < 1.29 is 13.6 Å². The number of nitrogen functional groups attached to an aromatic ring is 1. The van der Waals surface area contributed by atoms with E-state index in [1.54, 1.807) is 11.8 Å². The number of anilines is 1. The predicted molar refractivity (Wildman–Crippen MR) is 77.8 cm³/mol. The molecule has 0 aromatic heterocycles. The van der Waals surface area contributed by atoms with Crippen molar-refractivity contribution in [1.29, 1.82) is 0 Å². The van der Waals surface area contributed by atoms with Gasteiger partial charge in [0, 0.05) is 23.0 Å². The summed E-state index contributed by atoms with van der Waals surface area (Å²) in [6, 6.07) is 1.69. The van der Waals surface area contributed by atoms with Crippen molar-refractivity contribution in [2.75, 3.05) is 18.5 Å². The lowest BCUT2D eigenvalue weighted by atomic mass is 10.1. The highest BCUT2D eigenvalue weighted by molar-refractivity contribution is 8.00. The Hall–Kier alpha value is -1.30. The first-order valence-electron chi connectivity index (χ1n) is 6.55. The maximum absolute atomic E-state index is 13.2. The number of amides is 1. The Morgan fingerprint density at radius 3 is 2.55 bits per heavy atom. The van der Waals surface area contributed by atoms with Gasteiger partial charge in [-0.25, -0.2) is 8.78 Å². The van der Waals surface area contributed by atoms with Gasteiger partial charge < -0.3 is 11.1 Å². The molecule has 1 fully saturated rings. The lowest BCUT2D eigenvalue weighted by Crippen LogP contribution is -2.38. The van der Waals surface area contributed by atoms with Crippen LogP contribution in [0.15, 0.2) is 12.1 Å². The van der Waals surface area contributed by atoms with Crippen LogP contribution < -0.4 is 11.1 Å². The topological polar surface area (TPSA) is 55.1 Å². The number of nitrogens with two attached hydrogens (primary N) is 1. The number of carbonyl (C=O) groups excluding carboxylic acids is 1. The predicted octanol–water partition coefficient (Wildman–Crippen LogP) is 2.95. The Bertz CT molecular complexity index is 516. The fourth-order valence-corrected chi connectivity index (χ4v) is 3.48. The van der Waals surface area contributed by atoms with E-state index in [0.717, 1.165) is 37.8 Å². The first kappa shape index (κ1) is 15.1. The summed E-state index contributed by atoms with van der Waals surface area (Å²) < 4.78 is 26.2. The first-order valence-corrected chi connectivity index (χ1v) is 7.78. The van der Waals surface area contributed by atoms with Gasteiger partial charge in [-0.1, -0.05) is 12.8 Å². The highest BCUT2D eigenvalue weighted by Gasteiger charge is 2.33. The SMILES string of the molecule is CSC1(CNC(=O)c2cc(F)c(F)cc2N)CCCC1. The Kier molecular flexibility index (Phi) is 4.52. The van der Waals surface area contributed by atoms with Gasteiger partial charge in [-0.15, -0.1) is 0 Å². The summed E-state index contributed by atoms with van der Waals surface area (Å²) in [4.78, 5) is 12.1. The molecule has 1 amide bonds. The second-order valence-corrected chi connectivity index (χ2v) is 6.40. The second kappa shape index (κ2) is 5.99. The Labute approximate surface area is 121 Å². The van der Waals surface area contributed by atoms with Crippen LogP contribution in [0.4, 0.5) is 14.5 Å². The van der Waals surface area contributed by atoms with Crippen LogP contribution in [0.25, 0.3) is 0 Å². The van der Waals surface area contributed by atoms with E-state index in [4.69, 9.17) is 5.73 Å². The molecule has 0 atom stereocenters. The van der Waals surface area contributed by atoms with Gasteiger partial charge in [-0.3, -0.25) is 4.79 Å². The van der Waals surface area contributed by atoms with Crippen LogP contribution in [-0.2, 0) is 0 Å². The van der Waals surface area contributed by atoms with Gasteiger partial charge in [0.25, 0.3) is 5.91 Å². The molecule has 3 N–H and O–H groups in total. The normalized spacial score (nSPS) is 17.1. The number of rotatable bonds is 4. The Morgan fingerprint density at radius 1 is 1.35 bits per heavy atom. The molecule has 0 bridgehead atoms. The molecule has 0 unspecified atom stereocenters. The van der Waals surface area contributed by atoms with Crippen molar-refractivity contribution in [3.05, 3.63) is 29.3 Å². The average Bonchev–Trinajstić information content (AvgIpc) is 2.90. The zero-order valence-electron chi connectivity index (χ0n) is 11.3. The van der Waals surface area contributed by atoms with Gasteiger partial charge in [0.15, 0.2) is 11.6 Å². The van der Waals surface area contributed by atoms with E-state index in [0.29, 0.717) is 6.54 Å². The molecule has 110 valence electrons. The molecule has 0 aliphatic heterocycles. The molecule has 2 rings (SSSR count). The molecule has 1 aromatic carbocycles. The molecule has 1 aromatic rings. The molecule has 0 saturated heterocycles. The van der Waals surface area contributed by atoms with Crippen molar-refractivity contribution in [1.82, 2.24) is 5.32 Å². The van der Waals surface area contributed by atoms with Crippen molar-refractivity contribution >= 4 is 23.4 Å². The number of carbonyl (C=O) groups is 1. The zero-order valence-corrected chi connectivity index (χ0v) is 12.2. The zero-order chi connectivity index (χ0) is 14.8. The number of nitrogens with one attached hydrogen (secondary N) is 1. The monoisotopic (exact) mass is 300 g/mol. The van der Waals surface area contributed by atoms with E-state index in [2.05, 4.69) is 5.32 Å². The fraction of sp³-hybridized carbons (Fsp3) is 0.500. The molecule has 1 saturated carbocycles. The lowest BCUT2D eigenvalue weighted by Gasteiger charge is -2.27. The molecule has 3 nitrogen and oxygen atoms in total. The molecule has 20 heavy (non-hydrogen) atoms. The van der Waals surface area contributed by atoms with Gasteiger partial charge in [0.2, 0.25) is 0 Å². The minimum absolute atomic E-state index is 0.0156. The fourth-order valence-electron chi connectivity index (χ4n) is 2.57. The van der Waals surface area contributed by atoms with Crippen LogP contribution in [0.5, 0.6) is 0 Å². The van der Waals surface area contributed by atoms with Crippen LogP contribution in [0, 0.1) is 11.6 Å². The molecule has 1 aliphatic carbocycles. The number of hydrogen-bond acceptors (Lipinski definition) is 3. The van der Waals surface area contributed by atoms with E-state index < -0.39 is 17.5 Å².